The smallest absolute Gasteiger partial charge is 0.326 e. The maximum atomic E-state index is 12.1. The van der Waals surface area contributed by atoms with Gasteiger partial charge in [-0.05, 0) is 24.6 Å². The Kier molecular flexibility index (Phi) is 4.85. The van der Waals surface area contributed by atoms with Crippen LogP contribution in [0.2, 0.25) is 0 Å². The van der Waals surface area contributed by atoms with Crippen molar-refractivity contribution in [1.29, 1.82) is 0 Å². The molecule has 0 aromatic heterocycles. The van der Waals surface area contributed by atoms with Gasteiger partial charge in [0.25, 0.3) is 5.91 Å². The number of hydrogen-bond donors (Lipinski definition) is 3. The molecule has 2 amide bonds. The van der Waals surface area contributed by atoms with Gasteiger partial charge in [-0.25, -0.2) is 4.79 Å². The Morgan fingerprint density at radius 1 is 1.48 bits per heavy atom. The predicted octanol–water partition coefficient (Wildman–Crippen LogP) is 1.71. The highest BCUT2D eigenvalue weighted by atomic mass is 32.2. The molecule has 3 N–H and O–H groups in total. The highest BCUT2D eigenvalue weighted by molar-refractivity contribution is 8.00. The summed E-state index contributed by atoms with van der Waals surface area (Å²) in [5.74, 6) is -1.26. The van der Waals surface area contributed by atoms with Crippen molar-refractivity contribution in [3.05, 3.63) is 23.8 Å². The Morgan fingerprint density at radius 3 is 2.90 bits per heavy atom. The largest absolute Gasteiger partial charge is 0.480 e. The Hall–Kier alpha value is -2.02. The van der Waals surface area contributed by atoms with Crippen molar-refractivity contribution >= 4 is 35.2 Å². The van der Waals surface area contributed by atoms with E-state index in [1.54, 1.807) is 18.2 Å². The van der Waals surface area contributed by atoms with Crippen LogP contribution < -0.4 is 10.6 Å². The average molecular weight is 308 g/mol. The number of anilines is 1. The molecular formula is C14H16N2O4S. The molecule has 1 unspecified atom stereocenters. The van der Waals surface area contributed by atoms with Gasteiger partial charge in [0.15, 0.2) is 0 Å². The summed E-state index contributed by atoms with van der Waals surface area (Å²) in [4.78, 5) is 35.4. The van der Waals surface area contributed by atoms with Crippen LogP contribution in [0.3, 0.4) is 0 Å². The minimum absolute atomic E-state index is 0.112. The van der Waals surface area contributed by atoms with E-state index in [0.29, 0.717) is 29.8 Å². The number of carbonyl (C=O) groups is 3. The van der Waals surface area contributed by atoms with Gasteiger partial charge in [-0.3, -0.25) is 9.59 Å². The number of rotatable bonds is 5. The second-order valence-electron chi connectivity index (χ2n) is 4.70. The Morgan fingerprint density at radius 2 is 2.24 bits per heavy atom. The fraction of sp³-hybridized carbons (Fsp3) is 0.357. The van der Waals surface area contributed by atoms with E-state index in [2.05, 4.69) is 10.6 Å². The summed E-state index contributed by atoms with van der Waals surface area (Å²) in [7, 11) is 0. The summed E-state index contributed by atoms with van der Waals surface area (Å²) in [5.41, 5.74) is 0.921. The van der Waals surface area contributed by atoms with Gasteiger partial charge in [0.05, 0.1) is 11.4 Å². The molecule has 0 aliphatic carbocycles. The van der Waals surface area contributed by atoms with E-state index in [-0.39, 0.29) is 5.91 Å². The fourth-order valence-electron chi connectivity index (χ4n) is 2.01. The van der Waals surface area contributed by atoms with E-state index in [9.17, 15) is 14.4 Å². The maximum Gasteiger partial charge on any atom is 0.326 e. The summed E-state index contributed by atoms with van der Waals surface area (Å²) in [6.07, 6.45) is 1.03. The molecule has 1 atom stereocenters. The summed E-state index contributed by atoms with van der Waals surface area (Å²) in [6.45, 7) is 1.85. The Labute approximate surface area is 126 Å². The third-order valence-electron chi connectivity index (χ3n) is 3.06. The summed E-state index contributed by atoms with van der Waals surface area (Å²) in [6, 6.07) is 4.05. The van der Waals surface area contributed by atoms with Crippen molar-refractivity contribution in [1.82, 2.24) is 5.32 Å². The zero-order valence-electron chi connectivity index (χ0n) is 11.5. The highest BCUT2D eigenvalue weighted by Crippen LogP contribution is 2.31. The number of amides is 2. The van der Waals surface area contributed by atoms with Crippen LogP contribution in [0.4, 0.5) is 5.69 Å². The molecule has 0 radical (unpaired) electrons. The van der Waals surface area contributed by atoms with E-state index in [1.807, 2.05) is 6.92 Å². The maximum absolute atomic E-state index is 12.1. The lowest BCUT2D eigenvalue weighted by molar-refractivity contribution is -0.139. The van der Waals surface area contributed by atoms with Gasteiger partial charge in [-0.15, -0.1) is 11.8 Å². The predicted molar refractivity (Wildman–Crippen MR) is 79.6 cm³/mol. The molecule has 2 rings (SSSR count). The quantitative estimate of drug-likeness (QED) is 0.769. The molecule has 0 saturated carbocycles. The molecule has 0 fully saturated rings. The van der Waals surface area contributed by atoms with Crippen LogP contribution in [0, 0.1) is 0 Å². The third kappa shape index (κ3) is 3.75. The van der Waals surface area contributed by atoms with Crippen LogP contribution in [-0.4, -0.2) is 34.7 Å². The molecule has 1 aliphatic rings. The lowest BCUT2D eigenvalue weighted by Crippen LogP contribution is -2.40. The molecule has 0 spiro atoms. The highest BCUT2D eigenvalue weighted by Gasteiger charge is 2.21. The van der Waals surface area contributed by atoms with Crippen LogP contribution in [0.1, 0.15) is 30.1 Å². The second-order valence-corrected chi connectivity index (χ2v) is 5.72. The number of fused-ring (bicyclic) bond motifs is 1. The first kappa shape index (κ1) is 15.4. The molecule has 1 aromatic carbocycles. The first-order valence-corrected chi connectivity index (χ1v) is 7.60. The molecule has 1 aromatic rings. The van der Waals surface area contributed by atoms with Gasteiger partial charge in [-0.2, -0.15) is 0 Å². The van der Waals surface area contributed by atoms with E-state index in [0.717, 1.165) is 4.90 Å². The van der Waals surface area contributed by atoms with Crippen molar-refractivity contribution in [3.63, 3.8) is 0 Å². The normalized spacial score (nSPS) is 14.8. The number of carbonyl (C=O) groups excluding carboxylic acids is 2. The van der Waals surface area contributed by atoms with Crippen LogP contribution >= 0.6 is 11.8 Å². The van der Waals surface area contributed by atoms with Gasteiger partial charge in [0.1, 0.15) is 6.04 Å². The third-order valence-corrected chi connectivity index (χ3v) is 4.13. The van der Waals surface area contributed by atoms with Crippen LogP contribution in [0.25, 0.3) is 0 Å². The zero-order valence-corrected chi connectivity index (χ0v) is 12.3. The molecule has 0 saturated heterocycles. The van der Waals surface area contributed by atoms with Crippen molar-refractivity contribution in [2.75, 3.05) is 11.1 Å². The summed E-state index contributed by atoms with van der Waals surface area (Å²) < 4.78 is 0. The number of nitrogens with one attached hydrogen (secondary N) is 2. The van der Waals surface area contributed by atoms with Gasteiger partial charge >= 0.3 is 5.97 Å². The lowest BCUT2D eigenvalue weighted by atomic mass is 10.1. The van der Waals surface area contributed by atoms with Crippen LogP contribution in [0.5, 0.6) is 0 Å². The van der Waals surface area contributed by atoms with E-state index in [1.165, 1.54) is 11.8 Å². The Bertz CT molecular complexity index is 588. The molecule has 112 valence electrons. The standard InChI is InChI=1S/C14H16N2O4S/c1-2-3-9(14(19)20)16-13(18)8-4-5-11-10(6-8)15-12(17)7-21-11/h4-6,9H,2-3,7H2,1H3,(H,15,17)(H,16,18)(H,19,20). The zero-order chi connectivity index (χ0) is 15.4. The first-order chi connectivity index (χ1) is 10.0. The minimum Gasteiger partial charge on any atom is -0.480 e. The first-order valence-electron chi connectivity index (χ1n) is 6.61. The molecular weight excluding hydrogens is 292 g/mol. The monoisotopic (exact) mass is 308 g/mol. The van der Waals surface area contributed by atoms with Crippen molar-refractivity contribution in [2.45, 2.75) is 30.7 Å². The van der Waals surface area contributed by atoms with Crippen molar-refractivity contribution < 1.29 is 19.5 Å². The minimum atomic E-state index is -1.05. The molecule has 1 aliphatic heterocycles. The second kappa shape index (κ2) is 6.62. The summed E-state index contributed by atoms with van der Waals surface area (Å²) in [5, 5.41) is 14.2. The topological polar surface area (TPSA) is 95.5 Å². The number of thioether (sulfide) groups is 1. The van der Waals surface area contributed by atoms with E-state index in [4.69, 9.17) is 5.11 Å². The summed E-state index contributed by atoms with van der Waals surface area (Å²) >= 11 is 1.41. The molecule has 1 heterocycles. The average Bonchev–Trinajstić information content (AvgIpc) is 2.45. The number of benzene rings is 1. The van der Waals surface area contributed by atoms with E-state index >= 15 is 0 Å². The fourth-order valence-corrected chi connectivity index (χ4v) is 2.80. The Balaban J connectivity index is 2.14. The SMILES string of the molecule is CCCC(NC(=O)c1ccc2c(c1)NC(=O)CS2)C(=O)O. The molecule has 21 heavy (non-hydrogen) atoms. The molecule has 7 heteroatoms. The van der Waals surface area contributed by atoms with Gasteiger partial charge in [-0.1, -0.05) is 13.3 Å². The van der Waals surface area contributed by atoms with E-state index < -0.39 is 17.9 Å². The molecule has 6 nitrogen and oxygen atoms in total. The number of hydrogen-bond acceptors (Lipinski definition) is 4. The van der Waals surface area contributed by atoms with Crippen LogP contribution in [-0.2, 0) is 9.59 Å². The van der Waals surface area contributed by atoms with Crippen molar-refractivity contribution in [3.8, 4) is 0 Å². The number of aliphatic carboxylic acids is 1. The van der Waals surface area contributed by atoms with Gasteiger partial charge in [0.2, 0.25) is 5.91 Å². The van der Waals surface area contributed by atoms with Crippen molar-refractivity contribution in [2.24, 2.45) is 0 Å². The van der Waals surface area contributed by atoms with Crippen LogP contribution in [0.15, 0.2) is 23.1 Å². The molecule has 0 bridgehead atoms. The lowest BCUT2D eigenvalue weighted by Gasteiger charge is -2.18. The van der Waals surface area contributed by atoms with Gasteiger partial charge in [0, 0.05) is 10.5 Å². The number of carboxylic acids is 1. The number of carboxylic acid groups (broad SMARTS) is 1. The van der Waals surface area contributed by atoms with Gasteiger partial charge < -0.3 is 15.7 Å².